The molecule has 0 radical (unpaired) electrons. The number of nitro benzene ring substituents is 2. The van der Waals surface area contributed by atoms with Gasteiger partial charge < -0.3 is 0 Å². The SMILES string of the molecule is O=[N+]([O-])c1ccc([N+](=O)[O-])c(I)c1. The average molecular weight is 294 g/mol. The van der Waals surface area contributed by atoms with E-state index in [0.717, 1.165) is 12.1 Å². The quantitative estimate of drug-likeness (QED) is 0.475. The summed E-state index contributed by atoms with van der Waals surface area (Å²) in [7, 11) is 0. The van der Waals surface area contributed by atoms with Crippen LogP contribution >= 0.6 is 22.6 Å². The van der Waals surface area contributed by atoms with Gasteiger partial charge in [0.05, 0.1) is 13.4 Å². The molecule has 0 aromatic heterocycles. The first-order chi connectivity index (χ1) is 6.02. The molecule has 0 atom stereocenters. The zero-order chi connectivity index (χ0) is 10.0. The van der Waals surface area contributed by atoms with Crippen molar-refractivity contribution >= 4 is 34.0 Å². The summed E-state index contributed by atoms with van der Waals surface area (Å²) in [5.41, 5.74) is -0.263. The lowest BCUT2D eigenvalue weighted by molar-refractivity contribution is -0.389. The highest BCUT2D eigenvalue weighted by Crippen LogP contribution is 2.24. The van der Waals surface area contributed by atoms with E-state index >= 15 is 0 Å². The molecule has 0 saturated heterocycles. The van der Waals surface area contributed by atoms with Crippen molar-refractivity contribution in [1.82, 2.24) is 0 Å². The Morgan fingerprint density at radius 3 is 2.15 bits per heavy atom. The van der Waals surface area contributed by atoms with Gasteiger partial charge in [0, 0.05) is 18.2 Å². The van der Waals surface area contributed by atoms with Crippen LogP contribution in [0.1, 0.15) is 0 Å². The van der Waals surface area contributed by atoms with Crippen molar-refractivity contribution in [3.8, 4) is 0 Å². The molecule has 0 N–H and O–H groups in total. The fourth-order valence-corrected chi connectivity index (χ4v) is 1.45. The first-order valence-electron chi connectivity index (χ1n) is 3.10. The highest BCUT2D eigenvalue weighted by molar-refractivity contribution is 14.1. The van der Waals surface area contributed by atoms with Crippen LogP contribution in [-0.4, -0.2) is 9.85 Å². The van der Waals surface area contributed by atoms with Gasteiger partial charge in [-0.25, -0.2) is 0 Å². The van der Waals surface area contributed by atoms with Crippen LogP contribution in [0.2, 0.25) is 0 Å². The topological polar surface area (TPSA) is 86.3 Å². The van der Waals surface area contributed by atoms with Gasteiger partial charge in [0.2, 0.25) is 0 Å². The molecule has 6 nitrogen and oxygen atoms in total. The molecule has 0 aliphatic rings. The molecule has 1 rings (SSSR count). The number of rotatable bonds is 2. The minimum absolute atomic E-state index is 0.119. The highest BCUT2D eigenvalue weighted by Gasteiger charge is 2.15. The van der Waals surface area contributed by atoms with Gasteiger partial charge in [-0.1, -0.05) is 0 Å². The van der Waals surface area contributed by atoms with Crippen molar-refractivity contribution < 1.29 is 9.85 Å². The van der Waals surface area contributed by atoms with Gasteiger partial charge in [-0.3, -0.25) is 20.2 Å². The molecule has 0 aliphatic heterocycles. The predicted molar refractivity (Wildman–Crippen MR) is 52.5 cm³/mol. The molecule has 0 fully saturated rings. The monoisotopic (exact) mass is 294 g/mol. The predicted octanol–water partition coefficient (Wildman–Crippen LogP) is 2.11. The zero-order valence-electron chi connectivity index (χ0n) is 6.14. The fraction of sp³-hybridized carbons (Fsp3) is 0. The van der Waals surface area contributed by atoms with Crippen molar-refractivity contribution in [2.45, 2.75) is 0 Å². The number of hydrogen-bond acceptors (Lipinski definition) is 4. The van der Waals surface area contributed by atoms with Crippen molar-refractivity contribution in [3.63, 3.8) is 0 Å². The van der Waals surface area contributed by atoms with Gasteiger partial charge in [0.25, 0.3) is 11.4 Å². The van der Waals surface area contributed by atoms with Gasteiger partial charge in [-0.05, 0) is 22.6 Å². The number of hydrogen-bond donors (Lipinski definition) is 0. The maximum Gasteiger partial charge on any atom is 0.283 e. The normalized spacial score (nSPS) is 9.62. The molecule has 1 aromatic rings. The van der Waals surface area contributed by atoms with E-state index in [-0.39, 0.29) is 14.9 Å². The number of nitrogens with zero attached hydrogens (tertiary/aromatic N) is 2. The number of nitro groups is 2. The standard InChI is InChI=1S/C6H3IN2O4/c7-5-3-4(8(10)11)1-2-6(5)9(12)13/h1-3H. The van der Waals surface area contributed by atoms with E-state index in [0.29, 0.717) is 0 Å². The van der Waals surface area contributed by atoms with E-state index in [1.807, 2.05) is 0 Å². The van der Waals surface area contributed by atoms with Crippen LogP contribution in [-0.2, 0) is 0 Å². The van der Waals surface area contributed by atoms with Crippen LogP contribution in [0.4, 0.5) is 11.4 Å². The Kier molecular flexibility index (Phi) is 2.76. The molecule has 7 heteroatoms. The van der Waals surface area contributed by atoms with Crippen LogP contribution in [0.25, 0.3) is 0 Å². The average Bonchev–Trinajstić information content (AvgIpc) is 2.03. The van der Waals surface area contributed by atoms with Crippen LogP contribution in [0.3, 0.4) is 0 Å². The maximum atomic E-state index is 10.3. The lowest BCUT2D eigenvalue weighted by Crippen LogP contribution is -1.93. The lowest BCUT2D eigenvalue weighted by atomic mass is 10.3. The summed E-state index contributed by atoms with van der Waals surface area (Å²) >= 11 is 1.69. The molecular formula is C6H3IN2O4. The van der Waals surface area contributed by atoms with Crippen molar-refractivity contribution in [3.05, 3.63) is 42.0 Å². The molecular weight excluding hydrogens is 291 g/mol. The summed E-state index contributed by atoms with van der Waals surface area (Å²) in [6.07, 6.45) is 0. The Balaban J connectivity index is 3.20. The summed E-state index contributed by atoms with van der Waals surface area (Å²) in [5.74, 6) is 0. The van der Waals surface area contributed by atoms with Gasteiger partial charge in [0.15, 0.2) is 0 Å². The first kappa shape index (κ1) is 9.84. The third kappa shape index (κ3) is 2.11. The van der Waals surface area contributed by atoms with Gasteiger partial charge >= 0.3 is 0 Å². The molecule has 0 aliphatic carbocycles. The van der Waals surface area contributed by atoms with Crippen molar-refractivity contribution in [2.75, 3.05) is 0 Å². The van der Waals surface area contributed by atoms with Gasteiger partial charge in [0.1, 0.15) is 0 Å². The number of halogens is 1. The second-order valence-electron chi connectivity index (χ2n) is 2.15. The van der Waals surface area contributed by atoms with E-state index in [2.05, 4.69) is 0 Å². The first-order valence-corrected chi connectivity index (χ1v) is 4.18. The highest BCUT2D eigenvalue weighted by atomic mass is 127. The van der Waals surface area contributed by atoms with Crippen LogP contribution in [0.5, 0.6) is 0 Å². The summed E-state index contributed by atoms with van der Waals surface area (Å²) < 4.78 is 0.261. The number of benzene rings is 1. The van der Waals surface area contributed by atoms with Crippen molar-refractivity contribution in [1.29, 1.82) is 0 Å². The summed E-state index contributed by atoms with van der Waals surface area (Å²) in [6, 6.07) is 3.40. The zero-order valence-corrected chi connectivity index (χ0v) is 8.29. The molecule has 0 heterocycles. The van der Waals surface area contributed by atoms with E-state index < -0.39 is 9.85 Å². The Hall–Kier alpha value is -1.25. The molecule has 0 saturated carbocycles. The summed E-state index contributed by atoms with van der Waals surface area (Å²) in [6.45, 7) is 0. The molecule has 13 heavy (non-hydrogen) atoms. The summed E-state index contributed by atoms with van der Waals surface area (Å²) in [5, 5.41) is 20.6. The Morgan fingerprint density at radius 1 is 1.15 bits per heavy atom. The van der Waals surface area contributed by atoms with Gasteiger partial charge in [-0.15, -0.1) is 0 Å². The van der Waals surface area contributed by atoms with Crippen LogP contribution in [0, 0.1) is 23.8 Å². The van der Waals surface area contributed by atoms with Crippen LogP contribution in [0.15, 0.2) is 18.2 Å². The molecule has 1 aromatic carbocycles. The second kappa shape index (κ2) is 3.64. The lowest BCUT2D eigenvalue weighted by Gasteiger charge is -1.94. The van der Waals surface area contributed by atoms with E-state index in [1.54, 1.807) is 22.6 Å². The fourth-order valence-electron chi connectivity index (χ4n) is 0.757. The molecule has 0 unspecified atom stereocenters. The minimum Gasteiger partial charge on any atom is -0.258 e. The molecule has 68 valence electrons. The summed E-state index contributed by atoms with van der Waals surface area (Å²) in [4.78, 5) is 19.4. The Labute approximate surface area is 86.0 Å². The molecule has 0 spiro atoms. The van der Waals surface area contributed by atoms with Gasteiger partial charge in [-0.2, -0.15) is 0 Å². The Bertz CT molecular complexity index is 379. The second-order valence-corrected chi connectivity index (χ2v) is 3.31. The largest absolute Gasteiger partial charge is 0.283 e. The third-order valence-electron chi connectivity index (χ3n) is 1.34. The molecule has 0 bridgehead atoms. The Morgan fingerprint density at radius 2 is 1.77 bits per heavy atom. The van der Waals surface area contributed by atoms with E-state index in [1.165, 1.54) is 6.07 Å². The number of non-ortho nitro benzene ring substituents is 1. The van der Waals surface area contributed by atoms with Crippen LogP contribution < -0.4 is 0 Å². The maximum absolute atomic E-state index is 10.3. The van der Waals surface area contributed by atoms with Crippen molar-refractivity contribution in [2.24, 2.45) is 0 Å². The minimum atomic E-state index is -0.591. The van der Waals surface area contributed by atoms with E-state index in [4.69, 9.17) is 0 Å². The third-order valence-corrected chi connectivity index (χ3v) is 2.20. The van der Waals surface area contributed by atoms with E-state index in [9.17, 15) is 20.2 Å². The smallest absolute Gasteiger partial charge is 0.258 e. The molecule has 0 amide bonds.